The van der Waals surface area contributed by atoms with Gasteiger partial charge < -0.3 is 14.2 Å². The van der Waals surface area contributed by atoms with Crippen molar-refractivity contribution in [3.05, 3.63) is 70.9 Å². The van der Waals surface area contributed by atoms with Gasteiger partial charge in [0.2, 0.25) is 5.91 Å². The number of benzene rings is 2. The number of carbonyl (C=O) groups excluding carboxylic acids is 2. The summed E-state index contributed by atoms with van der Waals surface area (Å²) in [6.07, 6.45) is 1.21. The standard InChI is InChI=1S/C21H17ClN2O4/c22-15-8-9-17(18(11-15)24-10-4-7-20(24)25)21(26)27-13-16-12-19(28-23-16)14-5-2-1-3-6-14/h1-3,5-6,8-9,11-12H,4,7,10,13H2. The molecule has 0 unspecified atom stereocenters. The normalized spacial score (nSPS) is 13.8. The summed E-state index contributed by atoms with van der Waals surface area (Å²) in [6.45, 7) is 0.522. The third-order valence-electron chi connectivity index (χ3n) is 4.51. The molecular formula is C21H17ClN2O4. The van der Waals surface area contributed by atoms with Crippen molar-refractivity contribution >= 4 is 29.2 Å². The number of aromatic nitrogens is 1. The maximum absolute atomic E-state index is 12.6. The molecule has 1 aromatic heterocycles. The lowest BCUT2D eigenvalue weighted by Gasteiger charge is -2.19. The number of ether oxygens (including phenoxy) is 1. The molecule has 7 heteroatoms. The zero-order valence-corrected chi connectivity index (χ0v) is 15.7. The maximum atomic E-state index is 12.6. The van der Waals surface area contributed by atoms with Gasteiger partial charge in [-0.15, -0.1) is 0 Å². The van der Waals surface area contributed by atoms with E-state index in [1.165, 1.54) is 0 Å². The van der Waals surface area contributed by atoms with Crippen LogP contribution in [-0.4, -0.2) is 23.6 Å². The van der Waals surface area contributed by atoms with Crippen LogP contribution in [0, 0.1) is 0 Å². The van der Waals surface area contributed by atoms with Gasteiger partial charge in [-0.05, 0) is 24.6 Å². The molecule has 6 nitrogen and oxygen atoms in total. The summed E-state index contributed by atoms with van der Waals surface area (Å²) in [7, 11) is 0. The SMILES string of the molecule is O=C(OCc1cc(-c2ccccc2)on1)c1ccc(Cl)cc1N1CCCC1=O. The van der Waals surface area contributed by atoms with Crippen LogP contribution in [-0.2, 0) is 16.1 Å². The quantitative estimate of drug-likeness (QED) is 0.594. The Morgan fingerprint density at radius 3 is 2.75 bits per heavy atom. The highest BCUT2D eigenvalue weighted by Crippen LogP contribution is 2.29. The van der Waals surface area contributed by atoms with Crippen LogP contribution in [0.15, 0.2) is 59.1 Å². The van der Waals surface area contributed by atoms with Gasteiger partial charge in [0.1, 0.15) is 12.3 Å². The van der Waals surface area contributed by atoms with Crippen molar-refractivity contribution in [1.29, 1.82) is 0 Å². The summed E-state index contributed by atoms with van der Waals surface area (Å²) in [5.74, 6) is 0.0254. The highest BCUT2D eigenvalue weighted by atomic mass is 35.5. The molecule has 2 aromatic carbocycles. The van der Waals surface area contributed by atoms with E-state index in [2.05, 4.69) is 5.16 Å². The molecule has 0 atom stereocenters. The van der Waals surface area contributed by atoms with E-state index in [0.29, 0.717) is 40.7 Å². The van der Waals surface area contributed by atoms with Crippen molar-refractivity contribution in [2.75, 3.05) is 11.4 Å². The van der Waals surface area contributed by atoms with Crippen LogP contribution in [0.5, 0.6) is 0 Å². The van der Waals surface area contributed by atoms with Crippen LogP contribution in [0.3, 0.4) is 0 Å². The number of carbonyl (C=O) groups is 2. The van der Waals surface area contributed by atoms with Crippen molar-refractivity contribution in [1.82, 2.24) is 5.16 Å². The molecule has 4 rings (SSSR count). The fraction of sp³-hybridized carbons (Fsp3) is 0.190. The molecule has 0 N–H and O–H groups in total. The van der Waals surface area contributed by atoms with Gasteiger partial charge in [0, 0.05) is 29.6 Å². The van der Waals surface area contributed by atoms with Gasteiger partial charge in [0.05, 0.1) is 11.3 Å². The van der Waals surface area contributed by atoms with E-state index in [4.69, 9.17) is 20.9 Å². The summed E-state index contributed by atoms with van der Waals surface area (Å²) >= 11 is 6.07. The topological polar surface area (TPSA) is 72.6 Å². The summed E-state index contributed by atoms with van der Waals surface area (Å²) < 4.78 is 10.7. The van der Waals surface area contributed by atoms with E-state index in [0.717, 1.165) is 12.0 Å². The molecule has 0 aliphatic carbocycles. The minimum atomic E-state index is -0.546. The Labute approximate surface area is 166 Å². The van der Waals surface area contributed by atoms with Crippen LogP contribution in [0.2, 0.25) is 5.02 Å². The molecule has 3 aromatic rings. The first kappa shape index (κ1) is 18.3. The maximum Gasteiger partial charge on any atom is 0.340 e. The van der Waals surface area contributed by atoms with Gasteiger partial charge in [0.25, 0.3) is 0 Å². The fourth-order valence-electron chi connectivity index (χ4n) is 3.14. The molecule has 0 radical (unpaired) electrons. The number of hydrogen-bond donors (Lipinski definition) is 0. The molecular weight excluding hydrogens is 380 g/mol. The number of halogens is 1. The number of esters is 1. The summed E-state index contributed by atoms with van der Waals surface area (Å²) in [6, 6.07) is 16.1. The van der Waals surface area contributed by atoms with Crippen molar-refractivity contribution in [2.24, 2.45) is 0 Å². The average molecular weight is 397 g/mol. The Balaban J connectivity index is 1.49. The second kappa shape index (κ2) is 7.86. The Kier molecular flexibility index (Phi) is 5.12. The molecule has 0 bridgehead atoms. The summed E-state index contributed by atoms with van der Waals surface area (Å²) in [4.78, 5) is 26.3. The molecule has 1 saturated heterocycles. The van der Waals surface area contributed by atoms with E-state index in [1.807, 2.05) is 30.3 Å². The Hall–Kier alpha value is -3.12. The van der Waals surface area contributed by atoms with E-state index in [9.17, 15) is 9.59 Å². The second-order valence-corrected chi connectivity index (χ2v) is 6.87. The Morgan fingerprint density at radius 2 is 2.00 bits per heavy atom. The monoisotopic (exact) mass is 396 g/mol. The second-order valence-electron chi connectivity index (χ2n) is 6.44. The van der Waals surface area contributed by atoms with Crippen molar-refractivity contribution < 1.29 is 18.8 Å². The smallest absolute Gasteiger partial charge is 0.340 e. The number of hydrogen-bond acceptors (Lipinski definition) is 5. The van der Waals surface area contributed by atoms with Crippen LogP contribution in [0.1, 0.15) is 28.9 Å². The van der Waals surface area contributed by atoms with Gasteiger partial charge in [-0.25, -0.2) is 4.79 Å². The molecule has 28 heavy (non-hydrogen) atoms. The summed E-state index contributed by atoms with van der Waals surface area (Å²) in [5, 5.41) is 4.40. The third-order valence-corrected chi connectivity index (χ3v) is 4.75. The predicted octanol–water partition coefficient (Wildman–Crippen LogP) is 4.48. The van der Waals surface area contributed by atoms with Gasteiger partial charge >= 0.3 is 5.97 Å². The van der Waals surface area contributed by atoms with E-state index < -0.39 is 5.97 Å². The first-order valence-corrected chi connectivity index (χ1v) is 9.27. The van der Waals surface area contributed by atoms with E-state index in [-0.39, 0.29) is 12.5 Å². The van der Waals surface area contributed by atoms with Gasteiger partial charge in [-0.1, -0.05) is 47.1 Å². The lowest BCUT2D eigenvalue weighted by atomic mass is 10.1. The third kappa shape index (κ3) is 3.77. The molecule has 1 fully saturated rings. The number of anilines is 1. The Morgan fingerprint density at radius 1 is 1.18 bits per heavy atom. The molecule has 0 saturated carbocycles. The summed E-state index contributed by atoms with van der Waals surface area (Å²) in [5.41, 5.74) is 2.16. The molecule has 1 amide bonds. The molecule has 2 heterocycles. The van der Waals surface area contributed by atoms with Crippen LogP contribution in [0.25, 0.3) is 11.3 Å². The number of amides is 1. The van der Waals surface area contributed by atoms with Crippen LogP contribution >= 0.6 is 11.6 Å². The van der Waals surface area contributed by atoms with Gasteiger partial charge in [0.15, 0.2) is 5.76 Å². The number of nitrogens with zero attached hydrogens (tertiary/aromatic N) is 2. The lowest BCUT2D eigenvalue weighted by Crippen LogP contribution is -2.26. The van der Waals surface area contributed by atoms with Crippen LogP contribution in [0.4, 0.5) is 5.69 Å². The van der Waals surface area contributed by atoms with Gasteiger partial charge in [-0.3, -0.25) is 4.79 Å². The van der Waals surface area contributed by atoms with Crippen molar-refractivity contribution in [2.45, 2.75) is 19.4 Å². The molecule has 0 spiro atoms. The highest BCUT2D eigenvalue weighted by Gasteiger charge is 2.27. The minimum absolute atomic E-state index is 0.0275. The minimum Gasteiger partial charge on any atom is -0.455 e. The van der Waals surface area contributed by atoms with E-state index in [1.54, 1.807) is 29.2 Å². The zero-order valence-electron chi connectivity index (χ0n) is 14.9. The van der Waals surface area contributed by atoms with E-state index >= 15 is 0 Å². The largest absolute Gasteiger partial charge is 0.455 e. The highest BCUT2D eigenvalue weighted by molar-refractivity contribution is 6.31. The van der Waals surface area contributed by atoms with Crippen molar-refractivity contribution in [3.63, 3.8) is 0 Å². The first-order chi connectivity index (χ1) is 13.6. The fourth-order valence-corrected chi connectivity index (χ4v) is 3.31. The molecule has 142 valence electrons. The van der Waals surface area contributed by atoms with Crippen LogP contribution < -0.4 is 4.90 Å². The molecule has 1 aliphatic heterocycles. The average Bonchev–Trinajstić information content (AvgIpc) is 3.36. The lowest BCUT2D eigenvalue weighted by molar-refractivity contribution is -0.117. The molecule has 1 aliphatic rings. The number of rotatable bonds is 5. The Bertz CT molecular complexity index is 1020. The zero-order chi connectivity index (χ0) is 19.5. The predicted molar refractivity (Wildman–Crippen MR) is 104 cm³/mol. The first-order valence-electron chi connectivity index (χ1n) is 8.90. The van der Waals surface area contributed by atoms with Crippen molar-refractivity contribution in [3.8, 4) is 11.3 Å². The van der Waals surface area contributed by atoms with Gasteiger partial charge in [-0.2, -0.15) is 0 Å².